The molecule has 30 heavy (non-hydrogen) atoms. The third-order valence-corrected chi connectivity index (χ3v) is 5.44. The maximum atomic E-state index is 13.1. The number of H-pyrrole nitrogens is 1. The molecule has 2 amide bonds. The first kappa shape index (κ1) is 19.6. The maximum Gasteiger partial charge on any atom is 0.295 e. The molecular formula is C23H22N4O3. The van der Waals surface area contributed by atoms with Crippen molar-refractivity contribution < 1.29 is 14.4 Å². The van der Waals surface area contributed by atoms with Gasteiger partial charge in [-0.3, -0.25) is 14.4 Å². The van der Waals surface area contributed by atoms with Crippen molar-refractivity contribution in [2.45, 2.75) is 12.5 Å². The van der Waals surface area contributed by atoms with Gasteiger partial charge in [0.25, 0.3) is 17.6 Å². The Hall–Kier alpha value is -3.74. The number of nitrogens with one attached hydrogen (secondary N) is 1. The second-order valence-corrected chi connectivity index (χ2v) is 7.18. The van der Waals surface area contributed by atoms with Crippen molar-refractivity contribution in [3.05, 3.63) is 78.6 Å². The van der Waals surface area contributed by atoms with Gasteiger partial charge in [-0.1, -0.05) is 24.3 Å². The van der Waals surface area contributed by atoms with Gasteiger partial charge in [-0.2, -0.15) is 0 Å². The summed E-state index contributed by atoms with van der Waals surface area (Å²) in [6.45, 7) is 4.94. The monoisotopic (exact) mass is 402 g/mol. The summed E-state index contributed by atoms with van der Waals surface area (Å²) < 4.78 is 0. The zero-order valence-corrected chi connectivity index (χ0v) is 16.5. The van der Waals surface area contributed by atoms with Crippen molar-refractivity contribution >= 4 is 28.6 Å². The number of ketones is 1. The normalized spacial score (nSPS) is 16.9. The Morgan fingerprint density at radius 1 is 1.07 bits per heavy atom. The number of hydrogen-bond donors (Lipinski definition) is 1. The van der Waals surface area contributed by atoms with Crippen molar-refractivity contribution in [1.82, 2.24) is 19.8 Å². The average Bonchev–Trinajstić information content (AvgIpc) is 3.10. The summed E-state index contributed by atoms with van der Waals surface area (Å²) in [5.41, 5.74) is 1.46. The lowest BCUT2D eigenvalue weighted by atomic mass is 10.1. The van der Waals surface area contributed by atoms with Crippen molar-refractivity contribution in [2.24, 2.45) is 0 Å². The second kappa shape index (κ2) is 8.32. The van der Waals surface area contributed by atoms with Gasteiger partial charge in [-0.25, -0.2) is 4.98 Å². The highest BCUT2D eigenvalue weighted by molar-refractivity contribution is 6.44. The van der Waals surface area contributed by atoms with Crippen molar-refractivity contribution in [3.63, 3.8) is 0 Å². The number of hydrogen-bond acceptors (Lipinski definition) is 4. The maximum absolute atomic E-state index is 13.1. The first-order valence-electron chi connectivity index (χ1n) is 9.84. The molecule has 7 heteroatoms. The zero-order chi connectivity index (χ0) is 21.1. The summed E-state index contributed by atoms with van der Waals surface area (Å²) in [4.78, 5) is 49.2. The van der Waals surface area contributed by atoms with Crippen LogP contribution in [0.15, 0.2) is 67.5 Å². The van der Waals surface area contributed by atoms with E-state index in [9.17, 15) is 14.4 Å². The van der Waals surface area contributed by atoms with E-state index in [1.165, 1.54) is 11.1 Å². The van der Waals surface area contributed by atoms with Crippen LogP contribution in [-0.2, 0) is 4.79 Å². The van der Waals surface area contributed by atoms with E-state index >= 15 is 0 Å². The van der Waals surface area contributed by atoms with Gasteiger partial charge in [0.05, 0.1) is 11.6 Å². The number of Topliss-reactive ketones (excluding diaryl/α,β-unsaturated/α-hetero) is 1. The van der Waals surface area contributed by atoms with Crippen LogP contribution in [0.2, 0.25) is 0 Å². The molecule has 0 bridgehead atoms. The van der Waals surface area contributed by atoms with Crippen LogP contribution in [0.25, 0.3) is 11.0 Å². The number of amides is 2. The molecule has 1 aromatic carbocycles. The molecule has 1 aliphatic heterocycles. The molecule has 2 aromatic heterocycles. The summed E-state index contributed by atoms with van der Waals surface area (Å²) in [6, 6.07) is 12.2. The van der Waals surface area contributed by atoms with Crippen LogP contribution in [-0.4, -0.2) is 63.0 Å². The van der Waals surface area contributed by atoms with E-state index in [4.69, 9.17) is 0 Å². The summed E-state index contributed by atoms with van der Waals surface area (Å²) in [5, 5.41) is 0.613. The van der Waals surface area contributed by atoms with Gasteiger partial charge >= 0.3 is 0 Å². The van der Waals surface area contributed by atoms with Gasteiger partial charge in [0, 0.05) is 43.0 Å². The number of carbonyl (C=O) groups is 3. The molecule has 1 unspecified atom stereocenters. The Morgan fingerprint density at radius 3 is 2.63 bits per heavy atom. The number of fused-ring (bicyclic) bond motifs is 1. The lowest BCUT2D eigenvalue weighted by Gasteiger charge is -2.26. The predicted molar refractivity (Wildman–Crippen MR) is 113 cm³/mol. The molecular weight excluding hydrogens is 380 g/mol. The molecule has 0 radical (unpaired) electrons. The van der Waals surface area contributed by atoms with E-state index in [1.807, 2.05) is 18.2 Å². The molecule has 7 nitrogen and oxygen atoms in total. The first-order valence-corrected chi connectivity index (χ1v) is 9.84. The zero-order valence-electron chi connectivity index (χ0n) is 16.5. The molecule has 0 spiro atoms. The SMILES string of the molecule is C=CC1CCN(C(=O)c2ccccc2)CCN1C(=O)C(=O)c1c[nH]c2ncccc12. The largest absolute Gasteiger partial charge is 0.345 e. The van der Waals surface area contributed by atoms with Gasteiger partial charge in [0.15, 0.2) is 0 Å². The van der Waals surface area contributed by atoms with Crippen molar-refractivity contribution in [2.75, 3.05) is 19.6 Å². The van der Waals surface area contributed by atoms with Gasteiger partial charge in [0.1, 0.15) is 5.65 Å². The Labute approximate surface area is 174 Å². The van der Waals surface area contributed by atoms with E-state index in [1.54, 1.807) is 41.4 Å². The number of carbonyl (C=O) groups excluding carboxylic acids is 3. The van der Waals surface area contributed by atoms with Crippen LogP contribution in [0.4, 0.5) is 0 Å². The van der Waals surface area contributed by atoms with Gasteiger partial charge in [-0.15, -0.1) is 6.58 Å². The van der Waals surface area contributed by atoms with Crippen LogP contribution in [0, 0.1) is 0 Å². The molecule has 0 saturated carbocycles. The van der Waals surface area contributed by atoms with Crippen molar-refractivity contribution in [1.29, 1.82) is 0 Å². The summed E-state index contributed by atoms with van der Waals surface area (Å²) in [6.07, 6.45) is 5.33. The fourth-order valence-electron chi connectivity index (χ4n) is 3.80. The number of rotatable bonds is 4. The van der Waals surface area contributed by atoms with Crippen LogP contribution < -0.4 is 0 Å². The smallest absolute Gasteiger partial charge is 0.295 e. The third-order valence-electron chi connectivity index (χ3n) is 5.44. The standard InChI is InChI=1S/C23H22N4O3/c1-2-17-10-12-26(22(29)16-7-4-3-5-8-16)13-14-27(17)23(30)20(28)19-15-25-21-18(19)9-6-11-24-21/h2-9,11,15,17H,1,10,12-14H2,(H,24,25). The number of pyridine rings is 1. The van der Waals surface area contributed by atoms with E-state index in [2.05, 4.69) is 16.5 Å². The highest BCUT2D eigenvalue weighted by Crippen LogP contribution is 2.20. The van der Waals surface area contributed by atoms with E-state index in [0.29, 0.717) is 41.7 Å². The number of aromatic amines is 1. The lowest BCUT2D eigenvalue weighted by Crippen LogP contribution is -2.44. The van der Waals surface area contributed by atoms with Gasteiger partial charge in [-0.05, 0) is 30.7 Å². The quantitative estimate of drug-likeness (QED) is 0.413. The molecule has 3 heterocycles. The molecule has 3 aromatic rings. The van der Waals surface area contributed by atoms with E-state index < -0.39 is 11.7 Å². The molecule has 1 aliphatic rings. The topological polar surface area (TPSA) is 86.4 Å². The van der Waals surface area contributed by atoms with E-state index in [0.717, 1.165) is 0 Å². The third kappa shape index (κ3) is 3.61. The van der Waals surface area contributed by atoms with Crippen LogP contribution in [0.5, 0.6) is 0 Å². The molecule has 1 atom stereocenters. The Balaban J connectivity index is 1.54. The van der Waals surface area contributed by atoms with Crippen LogP contribution >= 0.6 is 0 Å². The Bertz CT molecular complexity index is 1110. The molecule has 1 N–H and O–H groups in total. The summed E-state index contributed by atoms with van der Waals surface area (Å²) in [7, 11) is 0. The summed E-state index contributed by atoms with van der Waals surface area (Å²) >= 11 is 0. The molecule has 4 rings (SSSR count). The number of benzene rings is 1. The minimum Gasteiger partial charge on any atom is -0.345 e. The minimum absolute atomic E-state index is 0.0817. The van der Waals surface area contributed by atoms with Crippen molar-refractivity contribution in [3.8, 4) is 0 Å². The fraction of sp³-hybridized carbons (Fsp3) is 0.217. The molecule has 152 valence electrons. The Kier molecular flexibility index (Phi) is 5.43. The highest BCUT2D eigenvalue weighted by Gasteiger charge is 2.32. The summed E-state index contributed by atoms with van der Waals surface area (Å²) in [5.74, 6) is -1.27. The second-order valence-electron chi connectivity index (χ2n) is 7.18. The molecule has 1 fully saturated rings. The first-order chi connectivity index (χ1) is 14.6. The van der Waals surface area contributed by atoms with E-state index in [-0.39, 0.29) is 18.5 Å². The molecule has 0 aliphatic carbocycles. The fourth-order valence-corrected chi connectivity index (χ4v) is 3.80. The van der Waals surface area contributed by atoms with Gasteiger partial charge < -0.3 is 14.8 Å². The highest BCUT2D eigenvalue weighted by atomic mass is 16.2. The molecule has 1 saturated heterocycles. The Morgan fingerprint density at radius 2 is 1.87 bits per heavy atom. The van der Waals surface area contributed by atoms with Gasteiger partial charge in [0.2, 0.25) is 0 Å². The minimum atomic E-state index is -0.598. The number of aromatic nitrogens is 2. The predicted octanol–water partition coefficient (Wildman–Crippen LogP) is 2.67. The van der Waals surface area contributed by atoms with Crippen LogP contribution in [0.1, 0.15) is 27.1 Å². The lowest BCUT2D eigenvalue weighted by molar-refractivity contribution is -0.127. The number of nitrogens with zero attached hydrogens (tertiary/aromatic N) is 3. The average molecular weight is 402 g/mol. The van der Waals surface area contributed by atoms with Crippen LogP contribution in [0.3, 0.4) is 0 Å².